The predicted molar refractivity (Wildman–Crippen MR) is 103 cm³/mol. The number of benzene rings is 1. The molecule has 160 valence electrons. The Labute approximate surface area is 168 Å². The third-order valence-electron chi connectivity index (χ3n) is 3.47. The zero-order chi connectivity index (χ0) is 22.2. The molecule has 1 rings (SSSR count). The normalized spacial score (nSPS) is 12.1. The molecule has 0 aliphatic rings. The van der Waals surface area contributed by atoms with Crippen LogP contribution in [0, 0.1) is 5.92 Å². The van der Waals surface area contributed by atoms with Crippen molar-refractivity contribution < 1.29 is 32.3 Å². The molecule has 0 aromatic heterocycles. The number of urea groups is 1. The molecule has 1 unspecified atom stereocenters. The summed E-state index contributed by atoms with van der Waals surface area (Å²) in [5, 5.41) is 4.35. The minimum Gasteiger partial charge on any atom is -0.452 e. The van der Waals surface area contributed by atoms with Crippen LogP contribution in [0.15, 0.2) is 29.2 Å². The van der Waals surface area contributed by atoms with Crippen molar-refractivity contribution in [2.24, 2.45) is 11.7 Å². The van der Waals surface area contributed by atoms with Crippen molar-refractivity contribution >= 4 is 39.5 Å². The molecule has 29 heavy (non-hydrogen) atoms. The Bertz CT molecular complexity index is 866. The van der Waals surface area contributed by atoms with Gasteiger partial charge in [-0.25, -0.2) is 17.9 Å². The molecule has 12 heteroatoms. The van der Waals surface area contributed by atoms with Crippen LogP contribution in [0.4, 0.5) is 10.5 Å². The third-order valence-corrected chi connectivity index (χ3v) is 4.95. The summed E-state index contributed by atoms with van der Waals surface area (Å²) in [6, 6.07) is 4.38. The summed E-state index contributed by atoms with van der Waals surface area (Å²) in [6.07, 6.45) is -1.58. The lowest BCUT2D eigenvalue weighted by Crippen LogP contribution is -2.45. The van der Waals surface area contributed by atoms with Gasteiger partial charge in [0.15, 0.2) is 6.10 Å². The Morgan fingerprint density at radius 1 is 1.10 bits per heavy atom. The maximum absolute atomic E-state index is 12.2. The Balaban J connectivity index is 2.61. The number of anilines is 1. The number of esters is 1. The van der Waals surface area contributed by atoms with Gasteiger partial charge in [-0.2, -0.15) is 0 Å². The number of rotatable bonds is 9. The van der Waals surface area contributed by atoms with E-state index in [2.05, 4.69) is 10.0 Å². The van der Waals surface area contributed by atoms with Crippen LogP contribution in [-0.4, -0.2) is 44.9 Å². The number of nitrogens with one attached hydrogen (secondary N) is 3. The quantitative estimate of drug-likeness (QED) is 0.403. The molecule has 11 nitrogen and oxygen atoms in total. The molecule has 0 aliphatic carbocycles. The van der Waals surface area contributed by atoms with E-state index in [0.29, 0.717) is 5.69 Å². The van der Waals surface area contributed by atoms with Crippen molar-refractivity contribution in [1.82, 2.24) is 10.0 Å². The first-order chi connectivity index (χ1) is 13.4. The van der Waals surface area contributed by atoms with Crippen LogP contribution in [0.25, 0.3) is 0 Å². The molecule has 0 aliphatic heterocycles. The number of imide groups is 1. The summed E-state index contributed by atoms with van der Waals surface area (Å²) in [5.74, 6) is -2.41. The van der Waals surface area contributed by atoms with Gasteiger partial charge in [-0.1, -0.05) is 13.8 Å². The van der Waals surface area contributed by atoms with E-state index < -0.39 is 40.0 Å². The van der Waals surface area contributed by atoms with E-state index in [4.69, 9.17) is 10.5 Å². The average molecular weight is 428 g/mol. The second-order valence-corrected chi connectivity index (χ2v) is 8.13. The lowest BCUT2D eigenvalue weighted by Gasteiger charge is -2.19. The summed E-state index contributed by atoms with van der Waals surface area (Å²) >= 11 is 0. The van der Waals surface area contributed by atoms with Gasteiger partial charge in [0.2, 0.25) is 15.9 Å². The van der Waals surface area contributed by atoms with E-state index in [1.165, 1.54) is 31.2 Å². The third kappa shape index (κ3) is 8.27. The van der Waals surface area contributed by atoms with Gasteiger partial charge in [0, 0.05) is 19.2 Å². The molecule has 0 bridgehead atoms. The molecular formula is C17H24N4O7S. The van der Waals surface area contributed by atoms with Gasteiger partial charge < -0.3 is 15.8 Å². The highest BCUT2D eigenvalue weighted by molar-refractivity contribution is 7.89. The Kier molecular flexibility index (Phi) is 8.73. The fourth-order valence-corrected chi connectivity index (χ4v) is 3.21. The predicted octanol–water partition coefficient (Wildman–Crippen LogP) is 0.0761. The monoisotopic (exact) mass is 428 g/mol. The fraction of sp³-hybridized carbons (Fsp3) is 0.412. The molecule has 0 saturated heterocycles. The molecule has 4 amide bonds. The number of carbonyl (C=O) groups excluding carboxylic acids is 4. The molecule has 0 saturated carbocycles. The zero-order valence-electron chi connectivity index (χ0n) is 16.2. The molecular weight excluding hydrogens is 404 g/mol. The first-order valence-electron chi connectivity index (χ1n) is 8.59. The van der Waals surface area contributed by atoms with Crippen molar-refractivity contribution in [3.63, 3.8) is 0 Å². The molecule has 0 radical (unpaired) electrons. The van der Waals surface area contributed by atoms with E-state index in [1.54, 1.807) is 13.8 Å². The number of ether oxygens (including phenoxy) is 1. The lowest BCUT2D eigenvalue weighted by molar-refractivity contribution is -0.158. The Hall–Kier alpha value is -2.99. The SMILES string of the molecule is CC(=O)Nc1ccc(S(=O)(=O)NCCC(=O)OC(C(=O)NC(N)=O)C(C)C)cc1. The summed E-state index contributed by atoms with van der Waals surface area (Å²) < 4.78 is 31.7. The van der Waals surface area contributed by atoms with Crippen LogP contribution in [0.5, 0.6) is 0 Å². The standard InChI is InChI=1S/C17H24N4O7S/c1-10(2)15(16(24)21-17(18)25)28-14(23)8-9-19-29(26,27)13-6-4-12(5-7-13)20-11(3)22/h4-7,10,15,19H,8-9H2,1-3H3,(H,20,22)(H3,18,21,24,25). The summed E-state index contributed by atoms with van der Waals surface area (Å²) in [4.78, 5) is 45.4. The summed E-state index contributed by atoms with van der Waals surface area (Å²) in [5.41, 5.74) is 5.31. The minimum absolute atomic E-state index is 0.0548. The van der Waals surface area contributed by atoms with Gasteiger partial charge in [0.1, 0.15) is 0 Å². The molecule has 5 N–H and O–H groups in total. The van der Waals surface area contributed by atoms with Gasteiger partial charge in [0.05, 0.1) is 11.3 Å². The largest absolute Gasteiger partial charge is 0.452 e. The number of hydrogen-bond donors (Lipinski definition) is 4. The van der Waals surface area contributed by atoms with Crippen molar-refractivity contribution in [2.45, 2.75) is 38.2 Å². The smallest absolute Gasteiger partial charge is 0.318 e. The maximum atomic E-state index is 12.2. The van der Waals surface area contributed by atoms with Crippen LogP contribution < -0.4 is 21.1 Å². The minimum atomic E-state index is -3.89. The van der Waals surface area contributed by atoms with Gasteiger partial charge in [-0.05, 0) is 30.2 Å². The highest BCUT2D eigenvalue weighted by Gasteiger charge is 2.27. The maximum Gasteiger partial charge on any atom is 0.318 e. The van der Waals surface area contributed by atoms with Crippen molar-refractivity contribution in [2.75, 3.05) is 11.9 Å². The number of primary amides is 1. The van der Waals surface area contributed by atoms with Crippen molar-refractivity contribution in [3.05, 3.63) is 24.3 Å². The lowest BCUT2D eigenvalue weighted by atomic mass is 10.1. The van der Waals surface area contributed by atoms with Gasteiger partial charge in [-0.15, -0.1) is 0 Å². The number of hydrogen-bond acceptors (Lipinski definition) is 7. The summed E-state index contributed by atoms with van der Waals surface area (Å²) in [6.45, 7) is 4.27. The molecule has 0 spiro atoms. The van der Waals surface area contributed by atoms with E-state index >= 15 is 0 Å². The van der Waals surface area contributed by atoms with Gasteiger partial charge in [-0.3, -0.25) is 19.7 Å². The first-order valence-corrected chi connectivity index (χ1v) is 10.1. The second-order valence-electron chi connectivity index (χ2n) is 6.36. The topological polar surface area (TPSA) is 174 Å². The molecule has 1 aromatic rings. The van der Waals surface area contributed by atoms with E-state index in [0.717, 1.165) is 0 Å². The van der Waals surface area contributed by atoms with E-state index in [-0.39, 0.29) is 23.8 Å². The summed E-state index contributed by atoms with van der Waals surface area (Å²) in [7, 11) is -3.89. The van der Waals surface area contributed by atoms with E-state index in [1.807, 2.05) is 5.32 Å². The first kappa shape index (κ1) is 24.0. The molecule has 0 fully saturated rings. The fourth-order valence-electron chi connectivity index (χ4n) is 2.18. The zero-order valence-corrected chi connectivity index (χ0v) is 17.0. The van der Waals surface area contributed by atoms with Crippen LogP contribution in [0.1, 0.15) is 27.2 Å². The highest BCUT2D eigenvalue weighted by atomic mass is 32.2. The Morgan fingerprint density at radius 3 is 2.17 bits per heavy atom. The van der Waals surface area contributed by atoms with Crippen LogP contribution in [-0.2, 0) is 29.1 Å². The van der Waals surface area contributed by atoms with Crippen LogP contribution in [0.2, 0.25) is 0 Å². The molecule has 0 heterocycles. The number of sulfonamides is 1. The second kappa shape index (κ2) is 10.5. The van der Waals surface area contributed by atoms with Crippen molar-refractivity contribution in [1.29, 1.82) is 0 Å². The van der Waals surface area contributed by atoms with Crippen molar-refractivity contribution in [3.8, 4) is 0 Å². The highest BCUT2D eigenvalue weighted by Crippen LogP contribution is 2.14. The molecule has 1 aromatic carbocycles. The number of amides is 4. The van der Waals surface area contributed by atoms with Gasteiger partial charge >= 0.3 is 12.0 Å². The number of nitrogens with two attached hydrogens (primary N) is 1. The van der Waals surface area contributed by atoms with Gasteiger partial charge in [0.25, 0.3) is 5.91 Å². The number of carbonyl (C=O) groups is 4. The average Bonchev–Trinajstić information content (AvgIpc) is 2.58. The Morgan fingerprint density at radius 2 is 1.69 bits per heavy atom. The van der Waals surface area contributed by atoms with Crippen LogP contribution in [0.3, 0.4) is 0 Å². The van der Waals surface area contributed by atoms with E-state index in [9.17, 15) is 27.6 Å². The van der Waals surface area contributed by atoms with Crippen LogP contribution >= 0.6 is 0 Å². The molecule has 1 atom stereocenters.